The Balaban J connectivity index is 0.00000196. The van der Waals surface area contributed by atoms with Gasteiger partial charge in [-0.1, -0.05) is 12.1 Å². The first-order valence-electron chi connectivity index (χ1n) is 4.81. The van der Waals surface area contributed by atoms with Crippen molar-refractivity contribution < 1.29 is 9.84 Å². The van der Waals surface area contributed by atoms with Crippen LogP contribution < -0.4 is 10.5 Å². The molecule has 0 aliphatic carbocycles. The van der Waals surface area contributed by atoms with Crippen LogP contribution in [0, 0.1) is 0 Å². The van der Waals surface area contributed by atoms with Crippen molar-refractivity contribution in [2.24, 2.45) is 5.73 Å². The van der Waals surface area contributed by atoms with Crippen molar-refractivity contribution in [1.82, 2.24) is 0 Å². The van der Waals surface area contributed by atoms with E-state index in [1.54, 1.807) is 6.92 Å². The first-order chi connectivity index (χ1) is 6.65. The van der Waals surface area contributed by atoms with Crippen LogP contribution in [0.2, 0.25) is 0 Å². The maximum Gasteiger partial charge on any atom is 0.119 e. The van der Waals surface area contributed by atoms with Crippen LogP contribution in [0.15, 0.2) is 24.3 Å². The SMILES string of the molecule is CCOc1ccc([C@@H](N)[C@H](C)O)cc1.Cl. The lowest BCUT2D eigenvalue weighted by Gasteiger charge is -2.15. The van der Waals surface area contributed by atoms with E-state index in [4.69, 9.17) is 10.5 Å². The maximum absolute atomic E-state index is 9.29. The number of hydrogen-bond donors (Lipinski definition) is 2. The Morgan fingerprint density at radius 3 is 2.27 bits per heavy atom. The molecular formula is C11H18ClNO2. The summed E-state index contributed by atoms with van der Waals surface area (Å²) in [4.78, 5) is 0. The van der Waals surface area contributed by atoms with E-state index in [9.17, 15) is 5.11 Å². The number of nitrogens with two attached hydrogens (primary N) is 1. The Kier molecular flexibility index (Phi) is 6.32. The second kappa shape index (κ2) is 6.67. The fourth-order valence-electron chi connectivity index (χ4n) is 1.23. The van der Waals surface area contributed by atoms with Gasteiger partial charge in [-0.15, -0.1) is 12.4 Å². The molecule has 4 heteroatoms. The molecule has 0 saturated heterocycles. The van der Waals surface area contributed by atoms with Gasteiger partial charge in [0.05, 0.1) is 18.8 Å². The molecule has 0 spiro atoms. The third-order valence-electron chi connectivity index (χ3n) is 2.10. The standard InChI is InChI=1S/C11H17NO2.ClH/c1-3-14-10-6-4-9(5-7-10)11(12)8(2)13;/h4-8,11,13H,3,12H2,1-2H3;1H/t8-,11-;/m0./s1. The Hall–Kier alpha value is -0.770. The number of halogens is 1. The second-order valence-corrected chi connectivity index (χ2v) is 3.27. The van der Waals surface area contributed by atoms with Crippen LogP contribution in [0.4, 0.5) is 0 Å². The van der Waals surface area contributed by atoms with Crippen LogP contribution in [0.1, 0.15) is 25.5 Å². The van der Waals surface area contributed by atoms with E-state index in [0.29, 0.717) is 6.61 Å². The average Bonchev–Trinajstić information content (AvgIpc) is 2.18. The molecule has 0 heterocycles. The van der Waals surface area contributed by atoms with Crippen LogP contribution in [-0.4, -0.2) is 17.8 Å². The van der Waals surface area contributed by atoms with Gasteiger partial charge < -0.3 is 15.6 Å². The highest BCUT2D eigenvalue weighted by atomic mass is 35.5. The first kappa shape index (κ1) is 14.2. The monoisotopic (exact) mass is 231 g/mol. The molecule has 1 aromatic carbocycles. The number of rotatable bonds is 4. The van der Waals surface area contributed by atoms with E-state index in [2.05, 4.69) is 0 Å². The van der Waals surface area contributed by atoms with Crippen LogP contribution in [-0.2, 0) is 0 Å². The molecule has 3 N–H and O–H groups in total. The number of aliphatic hydroxyl groups is 1. The van der Waals surface area contributed by atoms with Crippen molar-refractivity contribution in [3.05, 3.63) is 29.8 Å². The van der Waals surface area contributed by atoms with Gasteiger partial charge in [-0.25, -0.2) is 0 Å². The zero-order chi connectivity index (χ0) is 10.6. The first-order valence-corrected chi connectivity index (χ1v) is 4.81. The normalized spacial score (nSPS) is 13.9. The predicted octanol–water partition coefficient (Wildman–Crippen LogP) is 1.89. The molecule has 0 unspecified atom stereocenters. The number of hydrogen-bond acceptors (Lipinski definition) is 3. The molecule has 0 saturated carbocycles. The van der Waals surface area contributed by atoms with E-state index in [1.807, 2.05) is 31.2 Å². The topological polar surface area (TPSA) is 55.5 Å². The van der Waals surface area contributed by atoms with Crippen molar-refractivity contribution >= 4 is 12.4 Å². The third-order valence-corrected chi connectivity index (χ3v) is 2.10. The lowest BCUT2D eigenvalue weighted by molar-refractivity contribution is 0.164. The Morgan fingerprint density at radius 2 is 1.87 bits per heavy atom. The molecule has 2 atom stereocenters. The zero-order valence-corrected chi connectivity index (χ0v) is 9.83. The van der Waals surface area contributed by atoms with Crippen molar-refractivity contribution in [3.8, 4) is 5.75 Å². The molecule has 0 fully saturated rings. The lowest BCUT2D eigenvalue weighted by atomic mass is 10.0. The molecular weight excluding hydrogens is 214 g/mol. The third kappa shape index (κ3) is 4.08. The van der Waals surface area contributed by atoms with E-state index < -0.39 is 6.10 Å². The van der Waals surface area contributed by atoms with Crippen molar-refractivity contribution in [2.45, 2.75) is 26.0 Å². The molecule has 0 aliphatic rings. The van der Waals surface area contributed by atoms with E-state index in [0.717, 1.165) is 11.3 Å². The Labute approximate surface area is 96.7 Å². The van der Waals surface area contributed by atoms with Gasteiger partial charge in [0.15, 0.2) is 0 Å². The molecule has 0 aliphatic heterocycles. The highest BCUT2D eigenvalue weighted by Crippen LogP contribution is 2.18. The molecule has 15 heavy (non-hydrogen) atoms. The number of benzene rings is 1. The molecule has 0 amide bonds. The van der Waals surface area contributed by atoms with Gasteiger partial charge in [0.25, 0.3) is 0 Å². The molecule has 0 radical (unpaired) electrons. The number of ether oxygens (including phenoxy) is 1. The van der Waals surface area contributed by atoms with Gasteiger partial charge in [-0.2, -0.15) is 0 Å². The highest BCUT2D eigenvalue weighted by molar-refractivity contribution is 5.85. The van der Waals surface area contributed by atoms with Gasteiger partial charge in [-0.3, -0.25) is 0 Å². The van der Waals surface area contributed by atoms with E-state index >= 15 is 0 Å². The van der Waals surface area contributed by atoms with E-state index in [1.165, 1.54) is 0 Å². The molecule has 86 valence electrons. The summed E-state index contributed by atoms with van der Waals surface area (Å²) in [7, 11) is 0. The molecule has 1 aromatic rings. The summed E-state index contributed by atoms with van der Waals surface area (Å²) < 4.78 is 5.30. The van der Waals surface area contributed by atoms with Gasteiger partial charge in [0.2, 0.25) is 0 Å². The minimum absolute atomic E-state index is 0. The maximum atomic E-state index is 9.29. The van der Waals surface area contributed by atoms with Gasteiger partial charge in [0.1, 0.15) is 5.75 Å². The Morgan fingerprint density at radius 1 is 1.33 bits per heavy atom. The van der Waals surface area contributed by atoms with Crippen molar-refractivity contribution in [2.75, 3.05) is 6.61 Å². The fraction of sp³-hybridized carbons (Fsp3) is 0.455. The minimum Gasteiger partial charge on any atom is -0.494 e. The fourth-order valence-corrected chi connectivity index (χ4v) is 1.23. The van der Waals surface area contributed by atoms with Gasteiger partial charge in [-0.05, 0) is 31.5 Å². The molecule has 0 bridgehead atoms. The minimum atomic E-state index is -0.534. The summed E-state index contributed by atoms with van der Waals surface area (Å²) in [6, 6.07) is 7.15. The average molecular weight is 232 g/mol. The summed E-state index contributed by atoms with van der Waals surface area (Å²) >= 11 is 0. The van der Waals surface area contributed by atoms with Gasteiger partial charge in [0, 0.05) is 0 Å². The highest BCUT2D eigenvalue weighted by Gasteiger charge is 2.11. The quantitative estimate of drug-likeness (QED) is 0.832. The summed E-state index contributed by atoms with van der Waals surface area (Å²) in [6.45, 7) is 4.28. The van der Waals surface area contributed by atoms with Gasteiger partial charge >= 0.3 is 0 Å². The lowest BCUT2D eigenvalue weighted by Crippen LogP contribution is -2.22. The van der Waals surface area contributed by atoms with Crippen molar-refractivity contribution in [1.29, 1.82) is 0 Å². The van der Waals surface area contributed by atoms with E-state index in [-0.39, 0.29) is 18.4 Å². The molecule has 0 aromatic heterocycles. The summed E-state index contributed by atoms with van der Waals surface area (Å²) in [5.41, 5.74) is 6.69. The summed E-state index contributed by atoms with van der Waals surface area (Å²) in [6.07, 6.45) is -0.534. The second-order valence-electron chi connectivity index (χ2n) is 3.27. The predicted molar refractivity (Wildman–Crippen MR) is 63.5 cm³/mol. The van der Waals surface area contributed by atoms with Crippen LogP contribution >= 0.6 is 12.4 Å². The van der Waals surface area contributed by atoms with Crippen molar-refractivity contribution in [3.63, 3.8) is 0 Å². The molecule has 1 rings (SSSR count). The Bertz CT molecular complexity index is 274. The largest absolute Gasteiger partial charge is 0.494 e. The summed E-state index contributed by atoms with van der Waals surface area (Å²) in [5, 5.41) is 9.29. The van der Waals surface area contributed by atoms with Crippen LogP contribution in [0.3, 0.4) is 0 Å². The van der Waals surface area contributed by atoms with Crippen LogP contribution in [0.25, 0.3) is 0 Å². The zero-order valence-electron chi connectivity index (χ0n) is 9.01. The smallest absolute Gasteiger partial charge is 0.119 e. The number of aliphatic hydroxyl groups excluding tert-OH is 1. The van der Waals surface area contributed by atoms with Crippen LogP contribution in [0.5, 0.6) is 5.75 Å². The molecule has 3 nitrogen and oxygen atoms in total. The summed E-state index contributed by atoms with van der Waals surface area (Å²) in [5.74, 6) is 0.828.